The molecule has 6 aromatic heterocycles. The molecule has 0 fully saturated rings. The molecule has 0 aliphatic carbocycles. The van der Waals surface area contributed by atoms with Gasteiger partial charge >= 0.3 is 0 Å². The van der Waals surface area contributed by atoms with E-state index in [1.807, 2.05) is 30.6 Å². The molecule has 9 nitrogen and oxygen atoms in total. The number of nitrogens with one attached hydrogen (secondary N) is 3. The van der Waals surface area contributed by atoms with Gasteiger partial charge in [-0.15, -0.1) is 0 Å². The van der Waals surface area contributed by atoms with E-state index in [0.717, 1.165) is 50.0 Å². The fourth-order valence-corrected chi connectivity index (χ4v) is 3.43. The molecule has 29 heavy (non-hydrogen) atoms. The Morgan fingerprint density at radius 2 is 1.79 bits per heavy atom. The smallest absolute Gasteiger partial charge is 0.159 e. The first kappa shape index (κ1) is 15.6. The van der Waals surface area contributed by atoms with Crippen molar-refractivity contribution >= 4 is 21.9 Å². The molecule has 6 rings (SSSR count). The van der Waals surface area contributed by atoms with Crippen molar-refractivity contribution in [1.29, 1.82) is 0 Å². The summed E-state index contributed by atoms with van der Waals surface area (Å²) in [5, 5.41) is 15.2. The minimum atomic E-state index is 0.666. The highest BCUT2D eigenvalue weighted by Gasteiger charge is 2.16. The van der Waals surface area contributed by atoms with Gasteiger partial charge < -0.3 is 4.98 Å². The fraction of sp³-hybridized carbons (Fsp3) is 0. The van der Waals surface area contributed by atoms with Gasteiger partial charge in [0.05, 0.1) is 40.8 Å². The first-order valence-electron chi connectivity index (χ1n) is 8.94. The molecule has 138 valence electrons. The number of hydrogen-bond acceptors (Lipinski definition) is 6. The van der Waals surface area contributed by atoms with Crippen molar-refractivity contribution in [3.63, 3.8) is 0 Å². The number of aromatic nitrogens is 9. The molecule has 0 unspecified atom stereocenters. The monoisotopic (exact) mass is 379 g/mol. The molecule has 0 aliphatic heterocycles. The van der Waals surface area contributed by atoms with Gasteiger partial charge in [0.1, 0.15) is 5.69 Å². The van der Waals surface area contributed by atoms with Crippen LogP contribution in [0.3, 0.4) is 0 Å². The van der Waals surface area contributed by atoms with Crippen molar-refractivity contribution in [1.82, 2.24) is 45.3 Å². The van der Waals surface area contributed by atoms with Crippen LogP contribution in [-0.2, 0) is 0 Å². The van der Waals surface area contributed by atoms with Gasteiger partial charge in [0.2, 0.25) is 0 Å². The van der Waals surface area contributed by atoms with Crippen LogP contribution < -0.4 is 0 Å². The van der Waals surface area contributed by atoms with Crippen LogP contribution in [0.4, 0.5) is 0 Å². The van der Waals surface area contributed by atoms with E-state index in [9.17, 15) is 0 Å². The average molecular weight is 379 g/mol. The van der Waals surface area contributed by atoms with Crippen molar-refractivity contribution in [2.75, 3.05) is 0 Å². The van der Waals surface area contributed by atoms with Gasteiger partial charge in [-0.1, -0.05) is 0 Å². The van der Waals surface area contributed by atoms with E-state index in [4.69, 9.17) is 4.98 Å². The quantitative estimate of drug-likeness (QED) is 0.433. The Morgan fingerprint density at radius 1 is 0.862 bits per heavy atom. The van der Waals surface area contributed by atoms with Gasteiger partial charge in [-0.05, 0) is 23.8 Å². The van der Waals surface area contributed by atoms with Gasteiger partial charge in [-0.3, -0.25) is 25.1 Å². The molecule has 0 atom stereocenters. The summed E-state index contributed by atoms with van der Waals surface area (Å²) in [6.45, 7) is 0. The number of fused-ring (bicyclic) bond motifs is 2. The second kappa shape index (κ2) is 6.06. The molecule has 3 N–H and O–H groups in total. The van der Waals surface area contributed by atoms with Gasteiger partial charge in [-0.25, -0.2) is 4.98 Å². The van der Waals surface area contributed by atoms with Gasteiger partial charge in [0.15, 0.2) is 5.82 Å². The molecule has 0 saturated heterocycles. The zero-order chi connectivity index (χ0) is 19.2. The lowest BCUT2D eigenvalue weighted by molar-refractivity contribution is 1.09. The number of nitrogens with zero attached hydrogens (tertiary/aromatic N) is 6. The maximum Gasteiger partial charge on any atom is 0.159 e. The number of imidazole rings is 1. The van der Waals surface area contributed by atoms with Crippen molar-refractivity contribution in [3.05, 3.63) is 61.6 Å². The van der Waals surface area contributed by atoms with Crippen LogP contribution in [0.25, 0.3) is 55.8 Å². The van der Waals surface area contributed by atoms with E-state index in [-0.39, 0.29) is 0 Å². The van der Waals surface area contributed by atoms with Crippen LogP contribution in [0.2, 0.25) is 0 Å². The van der Waals surface area contributed by atoms with Crippen molar-refractivity contribution in [2.24, 2.45) is 0 Å². The third-order valence-electron chi connectivity index (χ3n) is 4.85. The summed E-state index contributed by atoms with van der Waals surface area (Å²) in [6, 6.07) is 5.86. The normalized spacial score (nSPS) is 11.4. The first-order chi connectivity index (χ1) is 14.4. The maximum atomic E-state index is 4.84. The van der Waals surface area contributed by atoms with Crippen molar-refractivity contribution in [2.45, 2.75) is 0 Å². The highest BCUT2D eigenvalue weighted by Crippen LogP contribution is 2.31. The molecule has 6 heterocycles. The minimum Gasteiger partial charge on any atom is -0.335 e. The van der Waals surface area contributed by atoms with Crippen molar-refractivity contribution in [3.8, 4) is 33.9 Å². The number of H-pyrrole nitrogens is 3. The van der Waals surface area contributed by atoms with E-state index >= 15 is 0 Å². The Kier molecular flexibility index (Phi) is 3.27. The molecule has 0 spiro atoms. The SMILES string of the molecule is c1cc(-c2cncc3[nH]c(-c4n[nH]c5cnc(-c6cn[nH]c6)cc45)nc23)ccn1. The molecule has 0 aliphatic rings. The van der Waals surface area contributed by atoms with Crippen LogP contribution in [0, 0.1) is 0 Å². The topological polar surface area (TPSA) is 125 Å². The van der Waals surface area contributed by atoms with E-state index in [2.05, 4.69) is 40.3 Å². The van der Waals surface area contributed by atoms with Gasteiger partial charge in [0, 0.05) is 41.3 Å². The summed E-state index contributed by atoms with van der Waals surface area (Å²) in [6.07, 6.45) is 12.4. The molecule has 0 radical (unpaired) electrons. The largest absolute Gasteiger partial charge is 0.335 e. The number of hydrogen-bond donors (Lipinski definition) is 3. The van der Waals surface area contributed by atoms with Crippen LogP contribution in [0.5, 0.6) is 0 Å². The molecule has 0 aromatic carbocycles. The lowest BCUT2D eigenvalue weighted by atomic mass is 10.1. The third kappa shape index (κ3) is 2.48. The number of aromatic amines is 3. The first-order valence-corrected chi connectivity index (χ1v) is 8.94. The van der Waals surface area contributed by atoms with Crippen LogP contribution >= 0.6 is 0 Å². The number of pyridine rings is 3. The second-order valence-electron chi connectivity index (χ2n) is 6.58. The van der Waals surface area contributed by atoms with E-state index in [1.165, 1.54) is 0 Å². The zero-order valence-electron chi connectivity index (χ0n) is 15.0. The molecule has 0 saturated carbocycles. The maximum absolute atomic E-state index is 4.84. The van der Waals surface area contributed by atoms with Crippen LogP contribution in [-0.4, -0.2) is 45.3 Å². The predicted octanol–water partition coefficient (Wildman–Crippen LogP) is 3.35. The predicted molar refractivity (Wildman–Crippen MR) is 108 cm³/mol. The molecule has 0 amide bonds. The van der Waals surface area contributed by atoms with E-state index < -0.39 is 0 Å². The van der Waals surface area contributed by atoms with E-state index in [0.29, 0.717) is 5.82 Å². The Hall–Kier alpha value is -4.40. The Bertz CT molecular complexity index is 1450. The molecular formula is C20H13N9. The summed E-state index contributed by atoms with van der Waals surface area (Å²) in [5.74, 6) is 0.666. The highest BCUT2D eigenvalue weighted by atomic mass is 15.1. The molecule has 6 aromatic rings. The summed E-state index contributed by atoms with van der Waals surface area (Å²) >= 11 is 0. The molecular weight excluding hydrogens is 366 g/mol. The van der Waals surface area contributed by atoms with E-state index in [1.54, 1.807) is 31.0 Å². The van der Waals surface area contributed by atoms with Gasteiger partial charge in [-0.2, -0.15) is 10.2 Å². The standard InChI is InChI=1S/C20H13N9/c1-3-21-4-2-11(1)14-8-22-9-17-18(14)27-20(26-17)19-13-5-15(12-6-24-25-7-12)23-10-16(13)28-29-19/h1-10H,(H,24,25)(H,26,27)(H,28,29). The summed E-state index contributed by atoms with van der Waals surface area (Å²) in [7, 11) is 0. The summed E-state index contributed by atoms with van der Waals surface area (Å²) < 4.78 is 0. The third-order valence-corrected chi connectivity index (χ3v) is 4.85. The Labute approximate surface area is 163 Å². The van der Waals surface area contributed by atoms with Crippen LogP contribution in [0.15, 0.2) is 61.6 Å². The summed E-state index contributed by atoms with van der Waals surface area (Å²) in [5.41, 5.74) is 6.90. The van der Waals surface area contributed by atoms with Gasteiger partial charge in [0.25, 0.3) is 0 Å². The lowest BCUT2D eigenvalue weighted by Crippen LogP contribution is -1.84. The zero-order valence-corrected chi connectivity index (χ0v) is 15.0. The lowest BCUT2D eigenvalue weighted by Gasteiger charge is -2.00. The second-order valence-corrected chi connectivity index (χ2v) is 6.58. The minimum absolute atomic E-state index is 0.666. The van der Waals surface area contributed by atoms with Crippen LogP contribution in [0.1, 0.15) is 0 Å². The summed E-state index contributed by atoms with van der Waals surface area (Å²) in [4.78, 5) is 21.1. The Morgan fingerprint density at radius 3 is 2.66 bits per heavy atom. The molecule has 9 heteroatoms. The van der Waals surface area contributed by atoms with Crippen molar-refractivity contribution < 1.29 is 0 Å². The highest BCUT2D eigenvalue weighted by molar-refractivity contribution is 5.97. The molecule has 0 bridgehead atoms. The number of rotatable bonds is 3. The Balaban J connectivity index is 1.54. The fourth-order valence-electron chi connectivity index (χ4n) is 3.43. The average Bonchev–Trinajstić information content (AvgIpc) is 3.52.